The van der Waals surface area contributed by atoms with E-state index >= 15 is 0 Å². The smallest absolute Gasteiger partial charge is 0.408 e. The highest BCUT2D eigenvalue weighted by Crippen LogP contribution is 2.05. The normalized spacial score (nSPS) is 11.5. The van der Waals surface area contributed by atoms with Gasteiger partial charge < -0.3 is 19.5 Å². The summed E-state index contributed by atoms with van der Waals surface area (Å²) in [5.41, 5.74) is 0.948. The highest BCUT2D eigenvalue weighted by Gasteiger charge is 2.12. The van der Waals surface area contributed by atoms with Crippen LogP contribution in [0.3, 0.4) is 0 Å². The minimum atomic E-state index is -0.569. The number of carbonyl (C=O) groups excluding carboxylic acids is 1. The Hall–Kier alpha value is -2.03. The molecule has 0 aliphatic heterocycles. The molecule has 1 aromatic carbocycles. The molecule has 0 heterocycles. The Morgan fingerprint density at radius 3 is 2.35 bits per heavy atom. The molecule has 1 atom stereocenters. The first-order valence-corrected chi connectivity index (χ1v) is 9.41. The molecule has 0 aliphatic rings. The van der Waals surface area contributed by atoms with Crippen LogP contribution in [0.1, 0.15) is 52.0 Å². The van der Waals surface area contributed by atoms with E-state index in [1.165, 1.54) is 0 Å². The Morgan fingerprint density at radius 1 is 1.04 bits per heavy atom. The third-order valence-electron chi connectivity index (χ3n) is 3.61. The van der Waals surface area contributed by atoms with Crippen molar-refractivity contribution in [3.8, 4) is 11.8 Å². The van der Waals surface area contributed by atoms with Crippen molar-refractivity contribution in [1.82, 2.24) is 5.32 Å². The standard InChI is InChI=1S/C21H31NO4/c1-4-7-9-14-19(15-16-20(24-5-2)25-6-3)22-21(23)26-17-18-12-10-8-11-13-18/h8,10-13,19-20H,4-7,9,14,17H2,1-3H3,(H,22,23). The Labute approximate surface area is 157 Å². The van der Waals surface area contributed by atoms with Crippen molar-refractivity contribution in [1.29, 1.82) is 0 Å². The van der Waals surface area contributed by atoms with E-state index in [1.54, 1.807) is 0 Å². The van der Waals surface area contributed by atoms with E-state index in [4.69, 9.17) is 14.2 Å². The zero-order valence-electron chi connectivity index (χ0n) is 16.1. The highest BCUT2D eigenvalue weighted by molar-refractivity contribution is 5.68. The van der Waals surface area contributed by atoms with Gasteiger partial charge in [-0.1, -0.05) is 62.4 Å². The highest BCUT2D eigenvalue weighted by atomic mass is 16.7. The van der Waals surface area contributed by atoms with Crippen LogP contribution in [-0.2, 0) is 20.8 Å². The minimum absolute atomic E-state index is 0.238. The molecule has 5 nitrogen and oxygen atoms in total. The minimum Gasteiger partial charge on any atom is -0.445 e. The molecular weight excluding hydrogens is 330 g/mol. The predicted molar refractivity (Wildman–Crippen MR) is 103 cm³/mol. The van der Waals surface area contributed by atoms with Gasteiger partial charge in [-0.05, 0) is 31.8 Å². The number of hydrogen-bond acceptors (Lipinski definition) is 4. The number of hydrogen-bond donors (Lipinski definition) is 1. The maximum absolute atomic E-state index is 12.1. The molecule has 0 spiro atoms. The average molecular weight is 361 g/mol. The lowest BCUT2D eigenvalue weighted by molar-refractivity contribution is -0.0970. The Kier molecular flexibility index (Phi) is 12.0. The summed E-state index contributed by atoms with van der Waals surface area (Å²) < 4.78 is 16.1. The van der Waals surface area contributed by atoms with Crippen LogP contribution in [0.2, 0.25) is 0 Å². The Balaban J connectivity index is 2.59. The van der Waals surface area contributed by atoms with E-state index in [2.05, 4.69) is 24.1 Å². The molecule has 1 rings (SSSR count). The zero-order chi connectivity index (χ0) is 19.0. The summed E-state index contributed by atoms with van der Waals surface area (Å²) in [6, 6.07) is 9.30. The van der Waals surface area contributed by atoms with Gasteiger partial charge >= 0.3 is 6.09 Å². The molecule has 0 radical (unpaired) electrons. The molecule has 0 bridgehead atoms. The van der Waals surface area contributed by atoms with Crippen LogP contribution < -0.4 is 5.32 Å². The first kappa shape index (κ1) is 22.0. The number of alkyl carbamates (subject to hydrolysis) is 1. The molecule has 26 heavy (non-hydrogen) atoms. The number of rotatable bonds is 11. The van der Waals surface area contributed by atoms with E-state index in [0.29, 0.717) is 13.2 Å². The summed E-state index contributed by atoms with van der Waals surface area (Å²) in [6.45, 7) is 7.21. The van der Waals surface area contributed by atoms with Gasteiger partial charge in [0.1, 0.15) is 6.61 Å². The largest absolute Gasteiger partial charge is 0.445 e. The lowest BCUT2D eigenvalue weighted by Crippen LogP contribution is -2.34. The van der Waals surface area contributed by atoms with Crippen LogP contribution in [0, 0.1) is 11.8 Å². The summed E-state index contributed by atoms with van der Waals surface area (Å²) >= 11 is 0. The van der Waals surface area contributed by atoms with Crippen molar-refractivity contribution in [2.24, 2.45) is 0 Å². The summed E-state index contributed by atoms with van der Waals surface area (Å²) in [7, 11) is 0. The summed E-state index contributed by atoms with van der Waals surface area (Å²) in [5.74, 6) is 6.03. The van der Waals surface area contributed by atoms with Crippen molar-refractivity contribution in [3.05, 3.63) is 35.9 Å². The van der Waals surface area contributed by atoms with Crippen LogP contribution in [0.5, 0.6) is 0 Å². The van der Waals surface area contributed by atoms with Gasteiger partial charge in [-0.3, -0.25) is 0 Å². The van der Waals surface area contributed by atoms with Gasteiger partial charge in [0.2, 0.25) is 6.29 Å². The summed E-state index contributed by atoms with van der Waals surface area (Å²) in [5, 5.41) is 2.84. The fraction of sp³-hybridized carbons (Fsp3) is 0.571. The number of benzene rings is 1. The zero-order valence-corrected chi connectivity index (χ0v) is 16.1. The number of nitrogens with one attached hydrogen (secondary N) is 1. The van der Waals surface area contributed by atoms with Crippen LogP contribution >= 0.6 is 0 Å². The van der Waals surface area contributed by atoms with E-state index in [-0.39, 0.29) is 12.6 Å². The van der Waals surface area contributed by atoms with Gasteiger partial charge in [0.05, 0.1) is 6.04 Å². The number of amides is 1. The van der Waals surface area contributed by atoms with Gasteiger partial charge in [0, 0.05) is 13.2 Å². The van der Waals surface area contributed by atoms with Crippen LogP contribution in [0.25, 0.3) is 0 Å². The molecule has 0 saturated heterocycles. The summed E-state index contributed by atoms with van der Waals surface area (Å²) in [6.07, 6.45) is 2.93. The van der Waals surface area contributed by atoms with Gasteiger partial charge in [0.25, 0.3) is 0 Å². The quantitative estimate of drug-likeness (QED) is 0.363. The molecule has 1 unspecified atom stereocenters. The van der Waals surface area contributed by atoms with Crippen molar-refractivity contribution in [3.63, 3.8) is 0 Å². The van der Waals surface area contributed by atoms with Gasteiger partial charge in [-0.25, -0.2) is 4.79 Å². The fourth-order valence-electron chi connectivity index (χ4n) is 2.29. The third-order valence-corrected chi connectivity index (χ3v) is 3.61. The van der Waals surface area contributed by atoms with Gasteiger partial charge in [-0.15, -0.1) is 0 Å². The monoisotopic (exact) mass is 361 g/mol. The lowest BCUT2D eigenvalue weighted by Gasteiger charge is -2.15. The molecule has 1 amide bonds. The van der Waals surface area contributed by atoms with Crippen molar-refractivity contribution in [2.75, 3.05) is 13.2 Å². The maximum atomic E-state index is 12.1. The first-order valence-electron chi connectivity index (χ1n) is 9.41. The Morgan fingerprint density at radius 2 is 1.73 bits per heavy atom. The molecule has 0 aromatic heterocycles. The van der Waals surface area contributed by atoms with Gasteiger partial charge in [-0.2, -0.15) is 0 Å². The lowest BCUT2D eigenvalue weighted by atomic mass is 10.1. The second-order valence-corrected chi connectivity index (χ2v) is 5.79. The third kappa shape index (κ3) is 10.1. The number of ether oxygens (including phenoxy) is 3. The molecule has 5 heteroatoms. The van der Waals surface area contributed by atoms with Crippen molar-refractivity contribution < 1.29 is 19.0 Å². The molecule has 1 N–H and O–H groups in total. The fourth-order valence-corrected chi connectivity index (χ4v) is 2.29. The second kappa shape index (κ2) is 14.2. The van der Waals surface area contributed by atoms with E-state index in [9.17, 15) is 4.79 Å². The molecular formula is C21H31NO4. The molecule has 0 saturated carbocycles. The van der Waals surface area contributed by atoms with Crippen molar-refractivity contribution >= 4 is 6.09 Å². The topological polar surface area (TPSA) is 56.8 Å². The van der Waals surface area contributed by atoms with Gasteiger partial charge in [0.15, 0.2) is 0 Å². The molecule has 1 aromatic rings. The van der Waals surface area contributed by atoms with Crippen LogP contribution in [0.4, 0.5) is 4.79 Å². The maximum Gasteiger partial charge on any atom is 0.408 e. The van der Waals surface area contributed by atoms with E-state index in [0.717, 1.165) is 31.2 Å². The average Bonchev–Trinajstić information content (AvgIpc) is 2.65. The van der Waals surface area contributed by atoms with E-state index in [1.807, 2.05) is 44.2 Å². The SMILES string of the molecule is CCCCCC(C#CC(OCC)OCC)NC(=O)OCc1ccccc1. The van der Waals surface area contributed by atoms with Crippen molar-refractivity contribution in [2.45, 2.75) is 65.4 Å². The predicted octanol–water partition coefficient (Wildman–Crippen LogP) is 4.26. The number of unbranched alkanes of at least 4 members (excludes halogenated alkanes) is 2. The van der Waals surface area contributed by atoms with Crippen LogP contribution in [-0.4, -0.2) is 31.6 Å². The number of carbonyl (C=O) groups is 1. The molecule has 0 fully saturated rings. The first-order chi connectivity index (χ1) is 12.7. The molecule has 144 valence electrons. The Bertz CT molecular complexity index is 544. The van der Waals surface area contributed by atoms with Crippen LogP contribution in [0.15, 0.2) is 30.3 Å². The molecule has 0 aliphatic carbocycles. The second-order valence-electron chi connectivity index (χ2n) is 5.79. The van der Waals surface area contributed by atoms with E-state index < -0.39 is 12.4 Å². The summed E-state index contributed by atoms with van der Waals surface area (Å²) in [4.78, 5) is 12.1.